The van der Waals surface area contributed by atoms with E-state index in [1.54, 1.807) is 0 Å². The summed E-state index contributed by atoms with van der Waals surface area (Å²) < 4.78 is 0. The highest BCUT2D eigenvalue weighted by molar-refractivity contribution is 5.02. The summed E-state index contributed by atoms with van der Waals surface area (Å²) in [6, 6.07) is 0. The van der Waals surface area contributed by atoms with Gasteiger partial charge in [0.1, 0.15) is 5.76 Å². The van der Waals surface area contributed by atoms with E-state index in [-0.39, 0.29) is 0 Å². The Labute approximate surface area is 114 Å². The van der Waals surface area contributed by atoms with Crippen molar-refractivity contribution in [2.24, 2.45) is 5.90 Å². The van der Waals surface area contributed by atoms with Gasteiger partial charge in [-0.15, -0.1) is 0 Å². The summed E-state index contributed by atoms with van der Waals surface area (Å²) in [6.45, 7) is 6.31. The molecule has 0 aliphatic rings. The van der Waals surface area contributed by atoms with Crippen LogP contribution in [-0.4, -0.2) is 0 Å². The molecule has 0 bridgehead atoms. The van der Waals surface area contributed by atoms with Crippen LogP contribution in [-0.2, 0) is 4.84 Å². The number of unbranched alkanes of at least 4 members (excludes halogenated alkanes) is 9. The summed E-state index contributed by atoms with van der Waals surface area (Å²) in [6.07, 6.45) is 15.0. The van der Waals surface area contributed by atoms with Crippen LogP contribution in [0.4, 0.5) is 0 Å². The van der Waals surface area contributed by atoms with E-state index < -0.39 is 0 Å². The minimum absolute atomic E-state index is 0.880. The highest BCUT2D eigenvalue weighted by atomic mass is 16.6. The predicted molar refractivity (Wildman–Crippen MR) is 80.1 cm³/mol. The lowest BCUT2D eigenvalue weighted by molar-refractivity contribution is 0.217. The van der Waals surface area contributed by atoms with Gasteiger partial charge in [0.2, 0.25) is 0 Å². The number of nitrogens with two attached hydrogens (primary N) is 1. The SMILES string of the molecule is CCCCCCCCCCCC/C(C)=C(/C)ON. The van der Waals surface area contributed by atoms with Crippen LogP contribution in [0, 0.1) is 0 Å². The third-order valence-corrected chi connectivity index (χ3v) is 3.68. The fourth-order valence-electron chi connectivity index (χ4n) is 2.15. The van der Waals surface area contributed by atoms with Gasteiger partial charge in [-0.05, 0) is 32.3 Å². The standard InChI is InChI=1S/C16H33NO/c1-4-5-6-7-8-9-10-11-12-13-14-15(2)16(3)18-17/h4-14,17H2,1-3H3/b16-15-. The second-order valence-corrected chi connectivity index (χ2v) is 5.39. The maximum Gasteiger partial charge on any atom is 0.119 e. The zero-order chi connectivity index (χ0) is 13.6. The molecule has 0 unspecified atom stereocenters. The molecule has 0 fully saturated rings. The number of rotatable bonds is 12. The second kappa shape index (κ2) is 12.9. The van der Waals surface area contributed by atoms with Gasteiger partial charge >= 0.3 is 0 Å². The smallest absolute Gasteiger partial charge is 0.119 e. The van der Waals surface area contributed by atoms with Crippen LogP contribution in [0.2, 0.25) is 0 Å². The molecule has 0 aromatic heterocycles. The van der Waals surface area contributed by atoms with E-state index in [9.17, 15) is 0 Å². The summed E-state index contributed by atoms with van der Waals surface area (Å²) in [5, 5.41) is 0. The largest absolute Gasteiger partial charge is 0.416 e. The summed E-state index contributed by atoms with van der Waals surface area (Å²) in [4.78, 5) is 4.73. The van der Waals surface area contributed by atoms with Crippen molar-refractivity contribution in [2.45, 2.75) is 91.4 Å². The maximum atomic E-state index is 5.13. The molecular weight excluding hydrogens is 222 g/mol. The van der Waals surface area contributed by atoms with Crippen LogP contribution in [0.1, 0.15) is 91.4 Å². The number of hydrogen-bond acceptors (Lipinski definition) is 2. The molecule has 0 aromatic carbocycles. The van der Waals surface area contributed by atoms with E-state index in [2.05, 4.69) is 13.8 Å². The van der Waals surface area contributed by atoms with Crippen molar-refractivity contribution in [3.8, 4) is 0 Å². The van der Waals surface area contributed by atoms with Gasteiger partial charge in [0.25, 0.3) is 0 Å². The Balaban J connectivity index is 3.21. The van der Waals surface area contributed by atoms with E-state index in [0.29, 0.717) is 0 Å². The lowest BCUT2D eigenvalue weighted by atomic mass is 10.0. The van der Waals surface area contributed by atoms with E-state index in [0.717, 1.165) is 12.2 Å². The van der Waals surface area contributed by atoms with Gasteiger partial charge in [0.05, 0.1) is 0 Å². The van der Waals surface area contributed by atoms with E-state index in [4.69, 9.17) is 10.7 Å². The third kappa shape index (κ3) is 10.6. The number of hydrogen-bond donors (Lipinski definition) is 1. The molecule has 0 spiro atoms. The van der Waals surface area contributed by atoms with Gasteiger partial charge in [-0.25, -0.2) is 0 Å². The molecule has 0 saturated heterocycles. The van der Waals surface area contributed by atoms with Crippen LogP contribution in [0.3, 0.4) is 0 Å². The molecule has 0 atom stereocenters. The first-order valence-corrected chi connectivity index (χ1v) is 7.75. The molecule has 0 rings (SSSR count). The quantitative estimate of drug-likeness (QED) is 0.284. The summed E-state index contributed by atoms with van der Waals surface area (Å²) in [5.41, 5.74) is 1.29. The van der Waals surface area contributed by atoms with Crippen molar-refractivity contribution in [1.82, 2.24) is 0 Å². The molecule has 0 heterocycles. The van der Waals surface area contributed by atoms with Gasteiger partial charge < -0.3 is 4.84 Å². The Morgan fingerprint density at radius 3 is 1.67 bits per heavy atom. The fourth-order valence-corrected chi connectivity index (χ4v) is 2.15. The van der Waals surface area contributed by atoms with Crippen molar-refractivity contribution < 1.29 is 4.84 Å². The van der Waals surface area contributed by atoms with Crippen molar-refractivity contribution in [3.63, 3.8) is 0 Å². The van der Waals surface area contributed by atoms with Crippen molar-refractivity contribution >= 4 is 0 Å². The zero-order valence-electron chi connectivity index (χ0n) is 12.8. The van der Waals surface area contributed by atoms with Crippen molar-refractivity contribution in [3.05, 3.63) is 11.3 Å². The van der Waals surface area contributed by atoms with Crippen LogP contribution >= 0.6 is 0 Å². The average Bonchev–Trinajstić information content (AvgIpc) is 2.39. The van der Waals surface area contributed by atoms with Gasteiger partial charge in [-0.2, -0.15) is 5.90 Å². The molecule has 2 heteroatoms. The molecular formula is C16H33NO. The Hall–Kier alpha value is -0.500. The summed E-state index contributed by atoms with van der Waals surface area (Å²) in [7, 11) is 0. The van der Waals surface area contributed by atoms with Gasteiger partial charge in [-0.1, -0.05) is 64.7 Å². The Kier molecular flexibility index (Phi) is 12.6. The van der Waals surface area contributed by atoms with Gasteiger partial charge in [-0.3, -0.25) is 0 Å². The molecule has 0 aromatic rings. The molecule has 0 saturated carbocycles. The van der Waals surface area contributed by atoms with Crippen molar-refractivity contribution in [1.29, 1.82) is 0 Å². The van der Waals surface area contributed by atoms with Crippen LogP contribution in [0.5, 0.6) is 0 Å². The minimum Gasteiger partial charge on any atom is -0.416 e. The molecule has 108 valence electrons. The summed E-state index contributed by atoms with van der Waals surface area (Å²) in [5.74, 6) is 6.02. The highest BCUT2D eigenvalue weighted by Crippen LogP contribution is 2.15. The molecule has 2 N–H and O–H groups in total. The minimum atomic E-state index is 0.880. The lowest BCUT2D eigenvalue weighted by Crippen LogP contribution is -1.98. The fraction of sp³-hybridized carbons (Fsp3) is 0.875. The van der Waals surface area contributed by atoms with E-state index in [1.807, 2.05) is 6.92 Å². The molecule has 0 aliphatic heterocycles. The van der Waals surface area contributed by atoms with E-state index in [1.165, 1.54) is 69.8 Å². The number of allylic oxidation sites excluding steroid dienone is 2. The van der Waals surface area contributed by atoms with Gasteiger partial charge in [0, 0.05) is 0 Å². The first-order chi connectivity index (χ1) is 8.72. The molecule has 2 nitrogen and oxygen atoms in total. The Morgan fingerprint density at radius 2 is 1.22 bits per heavy atom. The Morgan fingerprint density at radius 1 is 0.778 bits per heavy atom. The van der Waals surface area contributed by atoms with Crippen LogP contribution < -0.4 is 5.90 Å². The van der Waals surface area contributed by atoms with Crippen LogP contribution in [0.25, 0.3) is 0 Å². The average molecular weight is 255 g/mol. The molecule has 0 aliphatic carbocycles. The normalized spacial score (nSPS) is 12.4. The second-order valence-electron chi connectivity index (χ2n) is 5.39. The topological polar surface area (TPSA) is 35.2 Å². The lowest BCUT2D eigenvalue weighted by Gasteiger charge is -2.05. The maximum absolute atomic E-state index is 5.13. The Bertz CT molecular complexity index is 211. The summed E-state index contributed by atoms with van der Waals surface area (Å²) >= 11 is 0. The molecule has 0 amide bonds. The molecule has 0 radical (unpaired) electrons. The molecule has 18 heavy (non-hydrogen) atoms. The predicted octanol–water partition coefficient (Wildman–Crippen LogP) is 5.48. The van der Waals surface area contributed by atoms with Crippen LogP contribution in [0.15, 0.2) is 11.3 Å². The monoisotopic (exact) mass is 255 g/mol. The third-order valence-electron chi connectivity index (χ3n) is 3.68. The van der Waals surface area contributed by atoms with E-state index >= 15 is 0 Å². The highest BCUT2D eigenvalue weighted by Gasteiger charge is 1.98. The van der Waals surface area contributed by atoms with Gasteiger partial charge in [0.15, 0.2) is 0 Å². The van der Waals surface area contributed by atoms with Crippen molar-refractivity contribution in [2.75, 3.05) is 0 Å². The first kappa shape index (κ1) is 17.5. The zero-order valence-corrected chi connectivity index (χ0v) is 12.8. The first-order valence-electron chi connectivity index (χ1n) is 7.75.